The third-order valence-corrected chi connectivity index (χ3v) is 8.27. The first kappa shape index (κ1) is 31.9. The first-order chi connectivity index (χ1) is 17.5. The van der Waals surface area contributed by atoms with Gasteiger partial charge < -0.3 is 15.6 Å². The number of hydrogen-bond donors (Lipinski definition) is 1. The average molecular weight is 562 g/mol. The van der Waals surface area contributed by atoms with Gasteiger partial charge in [0.25, 0.3) is 0 Å². The predicted molar refractivity (Wildman–Crippen MR) is 158 cm³/mol. The van der Waals surface area contributed by atoms with Crippen LogP contribution in [-0.4, -0.2) is 41.1 Å². The topological polar surface area (TPSA) is 92.7 Å². The molecule has 0 saturated carbocycles. The summed E-state index contributed by atoms with van der Waals surface area (Å²) in [5.41, 5.74) is 2.30. The van der Waals surface area contributed by atoms with E-state index in [1.807, 2.05) is 0 Å². The summed E-state index contributed by atoms with van der Waals surface area (Å²) >= 11 is 0. The molecule has 0 atom stereocenters. The molecule has 0 aliphatic carbocycles. The minimum atomic E-state index is -0.877. The van der Waals surface area contributed by atoms with Gasteiger partial charge in [0.2, 0.25) is 0 Å². The zero-order chi connectivity index (χ0) is 26.2. The maximum absolute atomic E-state index is 10.2. The van der Waals surface area contributed by atoms with E-state index in [4.69, 9.17) is 5.21 Å². The minimum Gasteiger partial charge on any atom is -0.792 e. The van der Waals surface area contributed by atoms with Crippen molar-refractivity contribution in [2.45, 2.75) is 34.1 Å². The molecule has 3 aromatic rings. The molecule has 37 heavy (non-hydrogen) atoms. The van der Waals surface area contributed by atoms with E-state index in [-0.39, 0.29) is 16.8 Å². The minimum absolute atomic E-state index is 0. The second-order valence-electron chi connectivity index (χ2n) is 8.12. The zero-order valence-electron chi connectivity index (χ0n) is 21.8. The summed E-state index contributed by atoms with van der Waals surface area (Å²) in [4.78, 5) is 8.42. The van der Waals surface area contributed by atoms with E-state index in [1.165, 1.54) is 15.9 Å². The molecule has 0 spiro atoms. The molecule has 197 valence electrons. The van der Waals surface area contributed by atoms with Crippen molar-refractivity contribution in [2.75, 3.05) is 13.1 Å². The molecule has 3 rings (SSSR count). The van der Waals surface area contributed by atoms with Crippen LogP contribution in [0.4, 0.5) is 0 Å². The molecule has 0 fully saturated rings. The Morgan fingerprint density at radius 2 is 0.973 bits per heavy atom. The van der Waals surface area contributed by atoms with Crippen LogP contribution < -0.4 is 15.9 Å². The van der Waals surface area contributed by atoms with Crippen LogP contribution in [0.3, 0.4) is 0 Å². The third kappa shape index (κ3) is 11.2. The van der Waals surface area contributed by atoms with Crippen molar-refractivity contribution in [3.63, 3.8) is 0 Å². The Labute approximate surface area is 231 Å². The molecule has 0 aromatic heterocycles. The molecule has 8 heteroatoms. The molecule has 0 aliphatic rings. The summed E-state index contributed by atoms with van der Waals surface area (Å²) in [6.45, 7) is 8.09. The Balaban J connectivity index is 0.000000364. The molecule has 0 amide bonds. The van der Waals surface area contributed by atoms with E-state index >= 15 is 0 Å². The number of aliphatic imine (C=N–C) groups is 2. The van der Waals surface area contributed by atoms with Crippen LogP contribution in [-0.2, 0) is 16.8 Å². The molecule has 0 heterocycles. The molecule has 1 N–H and O–H groups in total. The predicted octanol–water partition coefficient (Wildman–Crippen LogP) is 5.28. The van der Waals surface area contributed by atoms with Crippen molar-refractivity contribution in [3.05, 3.63) is 96.2 Å². The van der Waals surface area contributed by atoms with Gasteiger partial charge in [-0.25, -0.2) is 0 Å². The molecule has 3 aromatic carbocycles. The molecular formula is C29H35CoN4O2P. The van der Waals surface area contributed by atoms with Crippen LogP contribution in [0.2, 0.25) is 0 Å². The van der Waals surface area contributed by atoms with Crippen LogP contribution in [0, 0.1) is 5.21 Å². The van der Waals surface area contributed by atoms with Gasteiger partial charge in [0, 0.05) is 35.6 Å². The van der Waals surface area contributed by atoms with Gasteiger partial charge in [0.05, 0.1) is 25.1 Å². The van der Waals surface area contributed by atoms with Crippen LogP contribution in [0.25, 0.3) is 0 Å². The van der Waals surface area contributed by atoms with Crippen molar-refractivity contribution >= 4 is 46.7 Å². The maximum atomic E-state index is 10.2. The summed E-state index contributed by atoms with van der Waals surface area (Å²) < 4.78 is 0. The third-order valence-electron chi connectivity index (χ3n) is 5.54. The van der Waals surface area contributed by atoms with Gasteiger partial charge in [-0.15, -0.1) is 0 Å². The fraction of sp³-hybridized carbons (Fsp3) is 0.241. The molecule has 6 nitrogen and oxygen atoms in total. The fourth-order valence-electron chi connectivity index (χ4n) is 3.25. The van der Waals surface area contributed by atoms with Crippen LogP contribution in [0.15, 0.2) is 111 Å². The second kappa shape index (κ2) is 18.2. The van der Waals surface area contributed by atoms with Gasteiger partial charge in [-0.3, -0.25) is 9.98 Å². The van der Waals surface area contributed by atoms with E-state index in [1.54, 1.807) is 27.7 Å². The van der Waals surface area contributed by atoms with Gasteiger partial charge in [-0.2, -0.15) is 0 Å². The fourth-order valence-corrected chi connectivity index (χ4v) is 5.82. The van der Waals surface area contributed by atoms with Crippen molar-refractivity contribution < 1.29 is 22.0 Å². The number of hydrogen-bond acceptors (Lipinski definition) is 6. The van der Waals surface area contributed by atoms with Gasteiger partial charge in [-0.05, 0) is 70.5 Å². The monoisotopic (exact) mass is 561 g/mol. The van der Waals surface area contributed by atoms with Crippen molar-refractivity contribution in [1.82, 2.24) is 0 Å². The Bertz CT molecular complexity index is 1040. The van der Waals surface area contributed by atoms with Crippen LogP contribution in [0.5, 0.6) is 0 Å². The molecule has 0 bridgehead atoms. The van der Waals surface area contributed by atoms with Gasteiger partial charge >= 0.3 is 0 Å². The van der Waals surface area contributed by atoms with Crippen molar-refractivity contribution in [1.29, 1.82) is 0 Å². The Hall–Kier alpha value is -3.12. The van der Waals surface area contributed by atoms with E-state index in [2.05, 4.69) is 111 Å². The van der Waals surface area contributed by atoms with E-state index < -0.39 is 7.92 Å². The Morgan fingerprint density at radius 3 is 1.30 bits per heavy atom. The summed E-state index contributed by atoms with van der Waals surface area (Å²) in [5, 5.41) is 28.9. The van der Waals surface area contributed by atoms with E-state index in [9.17, 15) is 5.21 Å². The number of benzene rings is 3. The molecule has 1 radical (unpaired) electrons. The van der Waals surface area contributed by atoms with Crippen LogP contribution in [0.1, 0.15) is 34.1 Å². The van der Waals surface area contributed by atoms with E-state index in [0.717, 1.165) is 6.42 Å². The van der Waals surface area contributed by atoms with Gasteiger partial charge in [0.15, 0.2) is 0 Å². The number of nitrogens with zero attached hydrogens (tertiary/aromatic N) is 4. The number of rotatable bonds is 9. The summed E-state index contributed by atoms with van der Waals surface area (Å²) in [6.07, 6.45) is 0.777. The first-order valence-electron chi connectivity index (χ1n) is 11.9. The quantitative estimate of drug-likeness (QED) is 0.127. The SMILES string of the molecule is CC(=NCCCN=C(C)/C(C)=N/O)/C(C)=N/[O-].[Co].c1ccc([PH+](c2ccccc2)c2ccccc2)cc1. The largest absolute Gasteiger partial charge is 0.792 e. The summed E-state index contributed by atoms with van der Waals surface area (Å²) in [5.74, 6) is 0. The molecule has 0 unspecified atom stereocenters. The Morgan fingerprint density at radius 1 is 0.622 bits per heavy atom. The Kier molecular flexibility index (Phi) is 15.7. The maximum Gasteiger partial charge on any atom is 0.102 e. The smallest absolute Gasteiger partial charge is 0.102 e. The van der Waals surface area contributed by atoms with Gasteiger partial charge in [-0.1, -0.05) is 59.8 Å². The van der Waals surface area contributed by atoms with E-state index in [0.29, 0.717) is 35.9 Å². The zero-order valence-corrected chi connectivity index (χ0v) is 23.8. The van der Waals surface area contributed by atoms with Crippen molar-refractivity contribution in [2.24, 2.45) is 20.3 Å². The standard InChI is InChI=1S/C18H15P.C11H20N4O2.Co/c1-4-10-16(11-5-1)19(17-12-6-2-7-13-17)18-14-8-3-9-15-18;1-8(10(3)14-16)12-6-5-7-13-9(2)11(4)15-17;/h1-15H;16-17H,5-7H2,1-4H3;/b;12-8?,13-9?,14-10+,15-11+;. The molecule has 0 saturated heterocycles. The summed E-state index contributed by atoms with van der Waals surface area (Å²) in [6, 6.07) is 32.5. The molecular weight excluding hydrogens is 526 g/mol. The van der Waals surface area contributed by atoms with Crippen molar-refractivity contribution in [3.8, 4) is 0 Å². The number of oxime groups is 1. The van der Waals surface area contributed by atoms with Crippen LogP contribution >= 0.6 is 7.92 Å². The van der Waals surface area contributed by atoms with Gasteiger partial charge in [0.1, 0.15) is 15.9 Å². The average Bonchev–Trinajstić information content (AvgIpc) is 2.94. The molecule has 0 aliphatic heterocycles. The summed E-state index contributed by atoms with van der Waals surface area (Å²) in [7, 11) is -0.877. The first-order valence-corrected chi connectivity index (χ1v) is 13.4. The second-order valence-corrected chi connectivity index (χ2v) is 10.6. The normalized spacial score (nSPS) is 12.5.